The molecule has 0 spiro atoms. The fourth-order valence-corrected chi connectivity index (χ4v) is 4.93. The lowest BCUT2D eigenvalue weighted by atomic mass is 9.74. The first kappa shape index (κ1) is 17.2. The summed E-state index contributed by atoms with van der Waals surface area (Å²) in [5.74, 6) is -0.512. The number of aromatic amines is 1. The van der Waals surface area contributed by atoms with E-state index in [2.05, 4.69) is 41.1 Å². The number of fused-ring (bicyclic) bond motifs is 5. The standard InChI is InChI=1S/C21H26N2O3/c1-3-13-11-23-9-8-15-14-6-4-5-7-18(14)22-20(15)19(23)10-16(13)17(12-26-2)21(24)25/h4-7,12-13,16,19,22H,3,8-11H2,1-2H3,(H,24,25)/t13-,16+,19+/m1/s1. The van der Waals surface area contributed by atoms with Gasteiger partial charge in [0.15, 0.2) is 0 Å². The SMILES string of the molecule is CC[C@@H]1CN2CCc3c([nH]c4ccccc34)[C@@H]2C[C@@H]1C(=COC)C(=O)O. The van der Waals surface area contributed by atoms with Crippen LogP contribution in [0.1, 0.15) is 37.1 Å². The van der Waals surface area contributed by atoms with E-state index in [0.29, 0.717) is 11.5 Å². The van der Waals surface area contributed by atoms with Gasteiger partial charge in [0.2, 0.25) is 0 Å². The number of nitrogens with zero attached hydrogens (tertiary/aromatic N) is 1. The van der Waals surface area contributed by atoms with E-state index in [4.69, 9.17) is 4.74 Å². The van der Waals surface area contributed by atoms with Crippen molar-refractivity contribution in [2.75, 3.05) is 20.2 Å². The van der Waals surface area contributed by atoms with Gasteiger partial charge in [0.25, 0.3) is 0 Å². The minimum atomic E-state index is -0.864. The minimum Gasteiger partial charge on any atom is -0.504 e. The van der Waals surface area contributed by atoms with Crippen molar-refractivity contribution in [1.82, 2.24) is 9.88 Å². The Morgan fingerprint density at radius 1 is 1.42 bits per heavy atom. The van der Waals surface area contributed by atoms with Gasteiger partial charge in [0.05, 0.1) is 25.0 Å². The molecular formula is C21H26N2O3. The summed E-state index contributed by atoms with van der Waals surface area (Å²) < 4.78 is 5.10. The summed E-state index contributed by atoms with van der Waals surface area (Å²) in [5, 5.41) is 11.0. The zero-order chi connectivity index (χ0) is 18.3. The van der Waals surface area contributed by atoms with Crippen LogP contribution in [0.2, 0.25) is 0 Å². The molecule has 0 aliphatic carbocycles. The third kappa shape index (κ3) is 2.71. The number of rotatable bonds is 4. The average molecular weight is 354 g/mol. The minimum absolute atomic E-state index is 0.0102. The van der Waals surface area contributed by atoms with Crippen LogP contribution in [-0.4, -0.2) is 41.2 Å². The number of methoxy groups -OCH3 is 1. The largest absolute Gasteiger partial charge is 0.504 e. The van der Waals surface area contributed by atoms with Crippen molar-refractivity contribution in [2.24, 2.45) is 11.8 Å². The number of carbonyl (C=O) groups is 1. The Morgan fingerprint density at radius 2 is 2.23 bits per heavy atom. The molecule has 2 aliphatic heterocycles. The van der Waals surface area contributed by atoms with Crippen LogP contribution in [0.25, 0.3) is 10.9 Å². The number of benzene rings is 1. The van der Waals surface area contributed by atoms with Gasteiger partial charge >= 0.3 is 5.97 Å². The second-order valence-electron chi connectivity index (χ2n) is 7.45. The molecule has 0 unspecified atom stereocenters. The quantitative estimate of drug-likeness (QED) is 0.649. The average Bonchev–Trinajstić information content (AvgIpc) is 3.04. The predicted octanol–water partition coefficient (Wildman–Crippen LogP) is 3.73. The second-order valence-corrected chi connectivity index (χ2v) is 7.45. The van der Waals surface area contributed by atoms with Crippen LogP contribution < -0.4 is 0 Å². The van der Waals surface area contributed by atoms with E-state index in [1.807, 2.05) is 0 Å². The van der Waals surface area contributed by atoms with Gasteiger partial charge in [-0.05, 0) is 36.3 Å². The van der Waals surface area contributed by atoms with Gasteiger partial charge in [-0.2, -0.15) is 0 Å². The van der Waals surface area contributed by atoms with E-state index in [-0.39, 0.29) is 12.0 Å². The number of carboxylic acid groups (broad SMARTS) is 1. The molecule has 3 heterocycles. The Kier molecular flexibility index (Phi) is 4.49. The van der Waals surface area contributed by atoms with Crippen molar-refractivity contribution in [3.05, 3.63) is 47.4 Å². The van der Waals surface area contributed by atoms with E-state index >= 15 is 0 Å². The summed E-state index contributed by atoms with van der Waals surface area (Å²) in [6.07, 6.45) is 4.28. The van der Waals surface area contributed by atoms with E-state index in [9.17, 15) is 9.90 Å². The normalized spacial score (nSPS) is 26.4. The molecule has 1 aromatic carbocycles. The number of aromatic nitrogens is 1. The molecule has 2 N–H and O–H groups in total. The van der Waals surface area contributed by atoms with E-state index in [1.54, 1.807) is 0 Å². The third-order valence-corrected chi connectivity index (χ3v) is 6.20. The molecule has 5 heteroatoms. The smallest absolute Gasteiger partial charge is 0.334 e. The van der Waals surface area contributed by atoms with E-state index in [0.717, 1.165) is 32.4 Å². The van der Waals surface area contributed by atoms with Crippen LogP contribution in [0.5, 0.6) is 0 Å². The zero-order valence-electron chi connectivity index (χ0n) is 15.4. The summed E-state index contributed by atoms with van der Waals surface area (Å²) in [5.41, 5.74) is 4.27. The van der Waals surface area contributed by atoms with E-state index < -0.39 is 5.97 Å². The first-order chi connectivity index (χ1) is 12.6. The molecule has 138 valence electrons. The molecule has 1 fully saturated rings. The maximum Gasteiger partial charge on any atom is 0.334 e. The van der Waals surface area contributed by atoms with Crippen molar-refractivity contribution >= 4 is 16.9 Å². The molecule has 4 rings (SSSR count). The highest BCUT2D eigenvalue weighted by molar-refractivity contribution is 5.87. The maximum absolute atomic E-state index is 11.8. The Bertz CT molecular complexity index is 854. The molecule has 1 aromatic heterocycles. The lowest BCUT2D eigenvalue weighted by Crippen LogP contribution is -2.46. The Hall–Kier alpha value is -2.27. The highest BCUT2D eigenvalue weighted by Crippen LogP contribution is 2.45. The number of piperidine rings is 1. The van der Waals surface area contributed by atoms with Crippen LogP contribution in [0, 0.1) is 11.8 Å². The number of hydrogen-bond acceptors (Lipinski definition) is 3. The van der Waals surface area contributed by atoms with Crippen LogP contribution in [0.15, 0.2) is 36.1 Å². The van der Waals surface area contributed by atoms with E-state index in [1.165, 1.54) is 35.5 Å². The van der Waals surface area contributed by atoms with Crippen molar-refractivity contribution in [3.8, 4) is 0 Å². The molecule has 5 nitrogen and oxygen atoms in total. The summed E-state index contributed by atoms with van der Waals surface area (Å²) in [4.78, 5) is 18.0. The van der Waals surface area contributed by atoms with Crippen molar-refractivity contribution in [1.29, 1.82) is 0 Å². The fraction of sp³-hybridized carbons (Fsp3) is 0.476. The highest BCUT2D eigenvalue weighted by Gasteiger charge is 2.42. The van der Waals surface area contributed by atoms with Gasteiger partial charge in [-0.1, -0.05) is 31.5 Å². The van der Waals surface area contributed by atoms with Gasteiger partial charge in [-0.15, -0.1) is 0 Å². The Morgan fingerprint density at radius 3 is 2.96 bits per heavy atom. The Balaban J connectivity index is 1.74. The monoisotopic (exact) mass is 354 g/mol. The molecule has 26 heavy (non-hydrogen) atoms. The molecule has 0 bridgehead atoms. The van der Waals surface area contributed by atoms with Crippen LogP contribution >= 0.6 is 0 Å². The number of hydrogen-bond donors (Lipinski definition) is 2. The molecule has 0 radical (unpaired) electrons. The second kappa shape index (κ2) is 6.80. The lowest BCUT2D eigenvalue weighted by molar-refractivity contribution is -0.134. The van der Waals surface area contributed by atoms with Gasteiger partial charge in [0.1, 0.15) is 0 Å². The molecule has 2 aliphatic rings. The van der Waals surface area contributed by atoms with Crippen LogP contribution in [0.3, 0.4) is 0 Å². The van der Waals surface area contributed by atoms with Gasteiger partial charge in [-0.3, -0.25) is 4.90 Å². The molecule has 2 aromatic rings. The number of carboxylic acids is 1. The molecule has 0 amide bonds. The fourth-order valence-electron chi connectivity index (χ4n) is 4.93. The van der Waals surface area contributed by atoms with Crippen LogP contribution in [0.4, 0.5) is 0 Å². The molecule has 0 saturated carbocycles. The summed E-state index contributed by atoms with van der Waals surface area (Å²) >= 11 is 0. The zero-order valence-corrected chi connectivity index (χ0v) is 15.4. The van der Waals surface area contributed by atoms with Crippen LogP contribution in [-0.2, 0) is 16.0 Å². The van der Waals surface area contributed by atoms with Gasteiger partial charge in [-0.25, -0.2) is 4.79 Å². The number of para-hydroxylation sites is 1. The summed E-state index contributed by atoms with van der Waals surface area (Å²) in [6.45, 7) is 4.14. The summed E-state index contributed by atoms with van der Waals surface area (Å²) in [6, 6.07) is 8.70. The molecule has 1 saturated heterocycles. The molecule has 3 atom stereocenters. The Labute approximate surface area is 153 Å². The van der Waals surface area contributed by atoms with Crippen molar-refractivity contribution in [2.45, 2.75) is 32.2 Å². The number of H-pyrrole nitrogens is 1. The lowest BCUT2D eigenvalue weighted by Gasteiger charge is -2.46. The third-order valence-electron chi connectivity index (χ3n) is 6.20. The van der Waals surface area contributed by atoms with Gasteiger partial charge < -0.3 is 14.8 Å². The molecular weight excluding hydrogens is 328 g/mol. The topological polar surface area (TPSA) is 65.6 Å². The van der Waals surface area contributed by atoms with Gasteiger partial charge in [0, 0.05) is 29.7 Å². The highest BCUT2D eigenvalue weighted by atomic mass is 16.5. The number of aliphatic carboxylic acids is 1. The first-order valence-corrected chi connectivity index (χ1v) is 9.43. The number of ether oxygens (including phenoxy) is 1. The first-order valence-electron chi connectivity index (χ1n) is 9.43. The van der Waals surface area contributed by atoms with Crippen molar-refractivity contribution in [3.63, 3.8) is 0 Å². The predicted molar refractivity (Wildman–Crippen MR) is 101 cm³/mol. The maximum atomic E-state index is 11.8. The number of nitrogens with one attached hydrogen (secondary N) is 1. The summed E-state index contributed by atoms with van der Waals surface area (Å²) in [7, 11) is 1.52. The van der Waals surface area contributed by atoms with Crippen molar-refractivity contribution < 1.29 is 14.6 Å².